The third kappa shape index (κ3) is 7.49. The van der Waals surface area contributed by atoms with E-state index in [2.05, 4.69) is 55.0 Å². The molecule has 0 N–H and O–H groups in total. The van der Waals surface area contributed by atoms with E-state index in [9.17, 15) is 0 Å². The van der Waals surface area contributed by atoms with Gasteiger partial charge in [-0.15, -0.1) is 0 Å². The molecule has 0 saturated carbocycles. The minimum atomic E-state index is 0.650. The number of anilines is 1. The fourth-order valence-electron chi connectivity index (χ4n) is 2.18. The molecule has 0 amide bonds. The lowest BCUT2D eigenvalue weighted by Gasteiger charge is -2.10. The van der Waals surface area contributed by atoms with Crippen molar-refractivity contribution in [2.75, 3.05) is 25.6 Å². The topological polar surface area (TPSA) is 16.4 Å². The number of nitrogens with zero attached hydrogens (tertiary/aromatic N) is 2. The van der Waals surface area contributed by atoms with Gasteiger partial charge in [-0.25, -0.2) is 0 Å². The van der Waals surface area contributed by atoms with Crippen molar-refractivity contribution in [2.24, 2.45) is 0 Å². The van der Waals surface area contributed by atoms with Crippen molar-refractivity contribution in [3.63, 3.8) is 0 Å². The van der Waals surface area contributed by atoms with Crippen LogP contribution >= 0.6 is 0 Å². The molecule has 0 saturated heterocycles. The van der Waals surface area contributed by atoms with Crippen molar-refractivity contribution in [2.45, 2.75) is 58.6 Å². The molecule has 1 aromatic heterocycles. The van der Waals surface area contributed by atoms with E-state index in [4.69, 9.17) is 4.74 Å². The van der Waals surface area contributed by atoms with Crippen molar-refractivity contribution < 1.29 is 9.30 Å². The molecular formula is C17H31N2O+. The first-order valence-corrected chi connectivity index (χ1v) is 7.98. The Morgan fingerprint density at radius 3 is 2.45 bits per heavy atom. The van der Waals surface area contributed by atoms with Gasteiger partial charge < -0.3 is 9.64 Å². The fourth-order valence-corrected chi connectivity index (χ4v) is 2.18. The van der Waals surface area contributed by atoms with Gasteiger partial charge in [-0.1, -0.05) is 45.4 Å². The average Bonchev–Trinajstić information content (AvgIpc) is 2.46. The molecule has 0 radical (unpaired) electrons. The molecular weight excluding hydrogens is 248 g/mol. The molecule has 0 aliphatic carbocycles. The zero-order valence-corrected chi connectivity index (χ0v) is 13.5. The van der Waals surface area contributed by atoms with Crippen LogP contribution in [-0.2, 0) is 11.5 Å². The van der Waals surface area contributed by atoms with Crippen LogP contribution in [0.3, 0.4) is 0 Å². The van der Waals surface area contributed by atoms with E-state index < -0.39 is 0 Å². The van der Waals surface area contributed by atoms with Gasteiger partial charge in [0.25, 0.3) is 6.73 Å². The molecule has 0 atom stereocenters. The minimum Gasteiger partial charge on any atom is -0.373 e. The van der Waals surface area contributed by atoms with Crippen molar-refractivity contribution >= 4 is 5.69 Å². The lowest BCUT2D eigenvalue weighted by molar-refractivity contribution is -0.732. The summed E-state index contributed by atoms with van der Waals surface area (Å²) >= 11 is 0. The van der Waals surface area contributed by atoms with E-state index in [0.717, 1.165) is 6.61 Å². The molecule has 20 heavy (non-hydrogen) atoms. The second kappa shape index (κ2) is 10.7. The predicted octanol–water partition coefficient (Wildman–Crippen LogP) is 3.76. The largest absolute Gasteiger partial charge is 0.373 e. The zero-order valence-electron chi connectivity index (χ0n) is 13.5. The van der Waals surface area contributed by atoms with Gasteiger partial charge in [-0.05, 0) is 12.5 Å². The Bertz CT molecular complexity index is 353. The summed E-state index contributed by atoms with van der Waals surface area (Å²) in [6.45, 7) is 3.78. The molecule has 3 heteroatoms. The van der Waals surface area contributed by atoms with Crippen LogP contribution in [0.25, 0.3) is 0 Å². The maximum atomic E-state index is 5.73. The summed E-state index contributed by atoms with van der Waals surface area (Å²) in [5, 5.41) is 0. The molecule has 0 unspecified atom stereocenters. The first-order valence-electron chi connectivity index (χ1n) is 7.98. The van der Waals surface area contributed by atoms with Crippen LogP contribution in [0, 0.1) is 0 Å². The van der Waals surface area contributed by atoms with Crippen LogP contribution in [0.15, 0.2) is 24.5 Å². The molecule has 0 fully saturated rings. The van der Waals surface area contributed by atoms with Crippen LogP contribution in [0.2, 0.25) is 0 Å². The summed E-state index contributed by atoms with van der Waals surface area (Å²) in [7, 11) is 4.11. The number of hydrogen-bond donors (Lipinski definition) is 0. The Morgan fingerprint density at radius 2 is 1.75 bits per heavy atom. The molecule has 1 aromatic rings. The normalized spacial score (nSPS) is 10.8. The second-order valence-electron chi connectivity index (χ2n) is 5.63. The predicted molar refractivity (Wildman–Crippen MR) is 84.9 cm³/mol. The van der Waals surface area contributed by atoms with Crippen LogP contribution in [-0.4, -0.2) is 20.7 Å². The Hall–Kier alpha value is -1.09. The molecule has 3 nitrogen and oxygen atoms in total. The molecule has 0 bridgehead atoms. The van der Waals surface area contributed by atoms with Crippen LogP contribution in [0.5, 0.6) is 0 Å². The molecule has 1 rings (SSSR count). The highest BCUT2D eigenvalue weighted by Crippen LogP contribution is 2.07. The quantitative estimate of drug-likeness (QED) is 0.453. The highest BCUT2D eigenvalue weighted by Gasteiger charge is 2.03. The summed E-state index contributed by atoms with van der Waals surface area (Å²) in [6.07, 6.45) is 13.5. The summed E-state index contributed by atoms with van der Waals surface area (Å²) in [6, 6.07) is 4.17. The molecule has 114 valence electrons. The van der Waals surface area contributed by atoms with E-state index in [1.54, 1.807) is 0 Å². The first kappa shape index (κ1) is 17.0. The fraction of sp³-hybridized carbons (Fsp3) is 0.706. The highest BCUT2D eigenvalue weighted by atomic mass is 16.5. The van der Waals surface area contributed by atoms with Gasteiger partial charge in [0.2, 0.25) is 0 Å². The molecule has 0 aromatic carbocycles. The maximum absolute atomic E-state index is 5.73. The van der Waals surface area contributed by atoms with Gasteiger partial charge in [0.1, 0.15) is 5.69 Å². The number of unbranched alkanes of at least 4 members (excludes halogenated alkanes) is 6. The van der Waals surface area contributed by atoms with Crippen molar-refractivity contribution in [1.29, 1.82) is 0 Å². The number of rotatable bonds is 11. The van der Waals surface area contributed by atoms with Gasteiger partial charge in [-0.2, -0.15) is 4.57 Å². The Kier molecular flexibility index (Phi) is 9.05. The molecule has 1 heterocycles. The van der Waals surface area contributed by atoms with Crippen LogP contribution < -0.4 is 9.47 Å². The average molecular weight is 279 g/mol. The maximum Gasteiger partial charge on any atom is 0.252 e. The van der Waals surface area contributed by atoms with E-state index >= 15 is 0 Å². The lowest BCUT2D eigenvalue weighted by atomic mass is 10.1. The highest BCUT2D eigenvalue weighted by molar-refractivity contribution is 5.39. The monoisotopic (exact) mass is 279 g/mol. The number of hydrogen-bond acceptors (Lipinski definition) is 2. The summed E-state index contributed by atoms with van der Waals surface area (Å²) < 4.78 is 7.82. The van der Waals surface area contributed by atoms with Crippen molar-refractivity contribution in [1.82, 2.24) is 0 Å². The Labute approximate surface area is 124 Å². The standard InChI is InChI=1S/C17H31N2O/c1-4-5-6-7-8-9-10-14-20-16-19-13-11-12-17(15-19)18(2)3/h11-13,15H,4-10,14,16H2,1-3H3/q+1. The lowest BCUT2D eigenvalue weighted by Crippen LogP contribution is -2.35. The van der Waals surface area contributed by atoms with Crippen molar-refractivity contribution in [3.05, 3.63) is 24.5 Å². The van der Waals surface area contributed by atoms with Gasteiger partial charge >= 0.3 is 0 Å². The first-order chi connectivity index (χ1) is 9.74. The molecule has 0 aliphatic rings. The Balaban J connectivity index is 2.05. The van der Waals surface area contributed by atoms with Gasteiger partial charge in [0.05, 0.1) is 6.61 Å². The minimum absolute atomic E-state index is 0.650. The van der Waals surface area contributed by atoms with Crippen LogP contribution in [0.1, 0.15) is 51.9 Å². The SMILES string of the molecule is CCCCCCCCCOC[n+]1cccc(N(C)C)c1. The smallest absolute Gasteiger partial charge is 0.252 e. The van der Waals surface area contributed by atoms with E-state index in [-0.39, 0.29) is 0 Å². The summed E-state index contributed by atoms with van der Waals surface area (Å²) in [4.78, 5) is 2.10. The third-order valence-electron chi connectivity index (χ3n) is 3.49. The van der Waals surface area contributed by atoms with Crippen LogP contribution in [0.4, 0.5) is 5.69 Å². The van der Waals surface area contributed by atoms with E-state index in [1.807, 2.05) is 0 Å². The Morgan fingerprint density at radius 1 is 1.05 bits per heavy atom. The molecule has 0 spiro atoms. The van der Waals surface area contributed by atoms with Gasteiger partial charge in [-0.3, -0.25) is 0 Å². The van der Waals surface area contributed by atoms with E-state index in [1.165, 1.54) is 50.6 Å². The number of pyridine rings is 1. The van der Waals surface area contributed by atoms with E-state index in [0.29, 0.717) is 6.73 Å². The van der Waals surface area contributed by atoms with Crippen molar-refractivity contribution in [3.8, 4) is 0 Å². The molecule has 0 aliphatic heterocycles. The number of ether oxygens (including phenoxy) is 1. The van der Waals surface area contributed by atoms with Gasteiger partial charge in [0.15, 0.2) is 12.4 Å². The zero-order chi connectivity index (χ0) is 14.6. The second-order valence-corrected chi connectivity index (χ2v) is 5.63. The van der Waals surface area contributed by atoms with Gasteiger partial charge in [0, 0.05) is 20.2 Å². The number of aromatic nitrogens is 1. The summed E-state index contributed by atoms with van der Waals surface area (Å²) in [5.74, 6) is 0. The third-order valence-corrected chi connectivity index (χ3v) is 3.49. The summed E-state index contributed by atoms with van der Waals surface area (Å²) in [5.41, 5.74) is 1.20.